The lowest BCUT2D eigenvalue weighted by molar-refractivity contribution is 0.222. The van der Waals surface area contributed by atoms with Crippen LogP contribution in [0.3, 0.4) is 0 Å². The van der Waals surface area contributed by atoms with Crippen molar-refractivity contribution in [3.63, 3.8) is 0 Å². The summed E-state index contributed by atoms with van der Waals surface area (Å²) in [7, 11) is 0. The second kappa shape index (κ2) is 6.24. The monoisotopic (exact) mass is 279 g/mol. The van der Waals surface area contributed by atoms with Gasteiger partial charge in [-0.1, -0.05) is 13.8 Å². The van der Waals surface area contributed by atoms with Gasteiger partial charge in [0.05, 0.1) is 6.10 Å². The minimum absolute atomic E-state index is 0.0133. The molecule has 1 aromatic heterocycles. The molecule has 3 N–H and O–H groups in total. The van der Waals surface area contributed by atoms with Crippen LogP contribution in [0.1, 0.15) is 47.0 Å². The first-order valence-corrected chi connectivity index (χ1v) is 7.37. The summed E-state index contributed by atoms with van der Waals surface area (Å²) in [4.78, 5) is 12.4. The van der Waals surface area contributed by atoms with Gasteiger partial charge in [-0.25, -0.2) is 0 Å². The standard InChI is InChI=1S/C14H25N5O/c1-8(2)20-14-18-12(15)17-13(19-14)16-11-6-9(3)5-10(4)7-11/h8-11H,5-7H2,1-4H3,(H3,15,16,17,18,19). The van der Waals surface area contributed by atoms with Gasteiger partial charge in [-0.15, -0.1) is 0 Å². The highest BCUT2D eigenvalue weighted by molar-refractivity contribution is 5.33. The van der Waals surface area contributed by atoms with Crippen molar-refractivity contribution >= 4 is 11.9 Å². The summed E-state index contributed by atoms with van der Waals surface area (Å²) < 4.78 is 5.48. The minimum atomic E-state index is 0.0133. The van der Waals surface area contributed by atoms with Crippen molar-refractivity contribution in [2.45, 2.75) is 59.1 Å². The van der Waals surface area contributed by atoms with Gasteiger partial charge in [0.15, 0.2) is 0 Å². The Balaban J connectivity index is 2.06. The first kappa shape index (κ1) is 14.8. The molecule has 1 aromatic rings. The number of nitrogens with one attached hydrogen (secondary N) is 1. The van der Waals surface area contributed by atoms with E-state index in [2.05, 4.69) is 34.1 Å². The van der Waals surface area contributed by atoms with Gasteiger partial charge in [-0.05, 0) is 44.9 Å². The number of nitrogens with zero attached hydrogens (tertiary/aromatic N) is 3. The Labute approximate surface area is 120 Å². The SMILES string of the molecule is CC1CC(C)CC(Nc2nc(N)nc(OC(C)C)n2)C1. The fraction of sp³-hybridized carbons (Fsp3) is 0.786. The molecule has 2 rings (SSSR count). The summed E-state index contributed by atoms with van der Waals surface area (Å²) in [6.07, 6.45) is 3.57. The summed E-state index contributed by atoms with van der Waals surface area (Å²) in [5.74, 6) is 2.15. The molecule has 1 heterocycles. The van der Waals surface area contributed by atoms with Gasteiger partial charge >= 0.3 is 6.01 Å². The van der Waals surface area contributed by atoms with Crippen LogP contribution in [-0.2, 0) is 0 Å². The quantitative estimate of drug-likeness (QED) is 0.880. The molecule has 112 valence electrons. The number of nitrogens with two attached hydrogens (primary N) is 1. The number of anilines is 2. The summed E-state index contributed by atoms with van der Waals surface area (Å²) in [5, 5.41) is 3.37. The van der Waals surface area contributed by atoms with Gasteiger partial charge in [0.1, 0.15) is 0 Å². The summed E-state index contributed by atoms with van der Waals surface area (Å²) >= 11 is 0. The summed E-state index contributed by atoms with van der Waals surface area (Å²) in [6, 6.07) is 0.675. The average molecular weight is 279 g/mol. The molecule has 1 saturated carbocycles. The Bertz CT molecular complexity index is 441. The predicted octanol–water partition coefficient (Wildman–Crippen LogP) is 2.48. The first-order valence-electron chi connectivity index (χ1n) is 7.37. The van der Waals surface area contributed by atoms with Gasteiger partial charge in [-0.3, -0.25) is 0 Å². The maximum absolute atomic E-state index is 5.71. The average Bonchev–Trinajstić information content (AvgIpc) is 2.24. The van der Waals surface area contributed by atoms with Crippen molar-refractivity contribution in [3.8, 4) is 6.01 Å². The maximum Gasteiger partial charge on any atom is 0.323 e. The Morgan fingerprint density at radius 2 is 1.75 bits per heavy atom. The zero-order valence-electron chi connectivity index (χ0n) is 12.8. The Kier molecular flexibility index (Phi) is 4.62. The lowest BCUT2D eigenvalue weighted by Crippen LogP contribution is -2.31. The van der Waals surface area contributed by atoms with Crippen molar-refractivity contribution in [1.82, 2.24) is 15.0 Å². The van der Waals surface area contributed by atoms with Crippen LogP contribution in [0.2, 0.25) is 0 Å². The molecule has 0 aliphatic heterocycles. The van der Waals surface area contributed by atoms with Crippen LogP contribution in [0.15, 0.2) is 0 Å². The first-order chi connectivity index (χ1) is 9.42. The minimum Gasteiger partial charge on any atom is -0.461 e. The van der Waals surface area contributed by atoms with Crippen molar-refractivity contribution in [2.75, 3.05) is 11.1 Å². The highest BCUT2D eigenvalue weighted by atomic mass is 16.5. The number of rotatable bonds is 4. The molecule has 2 unspecified atom stereocenters. The molecular weight excluding hydrogens is 254 g/mol. The fourth-order valence-corrected chi connectivity index (χ4v) is 2.95. The van der Waals surface area contributed by atoms with Crippen LogP contribution in [0.25, 0.3) is 0 Å². The highest BCUT2D eigenvalue weighted by Gasteiger charge is 2.24. The van der Waals surface area contributed by atoms with E-state index >= 15 is 0 Å². The molecule has 1 aliphatic rings. The molecule has 0 aromatic carbocycles. The molecular formula is C14H25N5O. The van der Waals surface area contributed by atoms with Gasteiger partial charge in [0.25, 0.3) is 0 Å². The fourth-order valence-electron chi connectivity index (χ4n) is 2.95. The molecule has 6 nitrogen and oxygen atoms in total. The van der Waals surface area contributed by atoms with Gasteiger partial charge in [0.2, 0.25) is 11.9 Å². The van der Waals surface area contributed by atoms with E-state index in [4.69, 9.17) is 10.5 Å². The van der Waals surface area contributed by atoms with E-state index in [1.54, 1.807) is 0 Å². The molecule has 0 radical (unpaired) electrons. The van der Waals surface area contributed by atoms with Gasteiger partial charge in [0, 0.05) is 6.04 Å². The molecule has 20 heavy (non-hydrogen) atoms. The van der Waals surface area contributed by atoms with E-state index in [9.17, 15) is 0 Å². The lowest BCUT2D eigenvalue weighted by atomic mass is 9.80. The van der Waals surface area contributed by atoms with Crippen LogP contribution >= 0.6 is 0 Å². The molecule has 1 aliphatic carbocycles. The van der Waals surface area contributed by atoms with E-state index in [-0.39, 0.29) is 18.1 Å². The van der Waals surface area contributed by atoms with E-state index in [0.717, 1.165) is 24.7 Å². The van der Waals surface area contributed by atoms with Gasteiger partial charge in [-0.2, -0.15) is 15.0 Å². The third-order valence-corrected chi connectivity index (χ3v) is 3.49. The molecule has 6 heteroatoms. The zero-order chi connectivity index (χ0) is 14.7. The summed E-state index contributed by atoms with van der Waals surface area (Å²) in [6.45, 7) is 8.44. The van der Waals surface area contributed by atoms with E-state index in [1.807, 2.05) is 13.8 Å². The Morgan fingerprint density at radius 3 is 2.35 bits per heavy atom. The van der Waals surface area contributed by atoms with Crippen molar-refractivity contribution < 1.29 is 4.74 Å². The van der Waals surface area contributed by atoms with Crippen LogP contribution in [0, 0.1) is 11.8 Å². The second-order valence-electron chi connectivity index (χ2n) is 6.23. The van der Waals surface area contributed by atoms with Crippen LogP contribution < -0.4 is 15.8 Å². The van der Waals surface area contributed by atoms with E-state index in [0.29, 0.717) is 12.0 Å². The Morgan fingerprint density at radius 1 is 1.10 bits per heavy atom. The third-order valence-electron chi connectivity index (χ3n) is 3.49. The smallest absolute Gasteiger partial charge is 0.323 e. The Hall–Kier alpha value is -1.59. The van der Waals surface area contributed by atoms with E-state index < -0.39 is 0 Å². The molecule has 0 saturated heterocycles. The number of aromatic nitrogens is 3. The second-order valence-corrected chi connectivity index (χ2v) is 6.23. The summed E-state index contributed by atoms with van der Waals surface area (Å²) in [5.41, 5.74) is 5.71. The topological polar surface area (TPSA) is 86.0 Å². The molecule has 2 atom stereocenters. The van der Waals surface area contributed by atoms with Crippen LogP contribution in [0.4, 0.5) is 11.9 Å². The van der Waals surface area contributed by atoms with Gasteiger partial charge < -0.3 is 15.8 Å². The number of hydrogen-bond acceptors (Lipinski definition) is 6. The number of hydrogen-bond donors (Lipinski definition) is 2. The molecule has 0 spiro atoms. The van der Waals surface area contributed by atoms with Crippen molar-refractivity contribution in [1.29, 1.82) is 0 Å². The highest BCUT2D eigenvalue weighted by Crippen LogP contribution is 2.30. The van der Waals surface area contributed by atoms with Crippen LogP contribution in [0.5, 0.6) is 6.01 Å². The predicted molar refractivity (Wildman–Crippen MR) is 79.6 cm³/mol. The molecule has 0 bridgehead atoms. The zero-order valence-corrected chi connectivity index (χ0v) is 12.8. The normalized spacial score (nSPS) is 26.6. The maximum atomic E-state index is 5.71. The largest absolute Gasteiger partial charge is 0.461 e. The molecule has 1 fully saturated rings. The van der Waals surface area contributed by atoms with Crippen molar-refractivity contribution in [2.24, 2.45) is 11.8 Å². The third kappa shape index (κ3) is 4.21. The van der Waals surface area contributed by atoms with Crippen LogP contribution in [-0.4, -0.2) is 27.1 Å². The number of nitrogen functional groups attached to an aromatic ring is 1. The molecule has 0 amide bonds. The van der Waals surface area contributed by atoms with Crippen molar-refractivity contribution in [3.05, 3.63) is 0 Å². The van der Waals surface area contributed by atoms with E-state index in [1.165, 1.54) is 6.42 Å². The lowest BCUT2D eigenvalue weighted by Gasteiger charge is -2.31. The number of ether oxygens (including phenoxy) is 1.